The highest BCUT2D eigenvalue weighted by atomic mass is 16.5. The van der Waals surface area contributed by atoms with Crippen LogP contribution in [0.4, 0.5) is 10.5 Å². The molecule has 0 aliphatic carbocycles. The minimum Gasteiger partial charge on any atom is -0.378 e. The third-order valence-corrected chi connectivity index (χ3v) is 7.06. The van der Waals surface area contributed by atoms with E-state index in [0.717, 1.165) is 71.6 Å². The highest BCUT2D eigenvalue weighted by Gasteiger charge is 2.39. The fourth-order valence-corrected chi connectivity index (χ4v) is 5.12. The van der Waals surface area contributed by atoms with Crippen LogP contribution in [0.3, 0.4) is 0 Å². The van der Waals surface area contributed by atoms with Crippen LogP contribution in [0.25, 0.3) is 0 Å². The van der Waals surface area contributed by atoms with Gasteiger partial charge in [-0.1, -0.05) is 0 Å². The number of carbonyl (C=O) groups excluding carboxylic acids is 1. The quantitative estimate of drug-likeness (QED) is 0.799. The largest absolute Gasteiger partial charge is 0.378 e. The Hall–Kier alpha value is -1.82. The van der Waals surface area contributed by atoms with Gasteiger partial charge in [-0.2, -0.15) is 0 Å². The Labute approximate surface area is 168 Å². The highest BCUT2D eigenvalue weighted by molar-refractivity contribution is 5.74. The summed E-state index contributed by atoms with van der Waals surface area (Å²) in [6, 6.07) is 4.46. The van der Waals surface area contributed by atoms with E-state index in [1.165, 1.54) is 18.5 Å². The van der Waals surface area contributed by atoms with Crippen LogP contribution in [0.5, 0.6) is 0 Å². The topological polar surface area (TPSA) is 48.9 Å². The Morgan fingerprint density at radius 1 is 1.00 bits per heavy atom. The molecule has 0 aromatic carbocycles. The average Bonchev–Trinajstić information content (AvgIpc) is 2.76. The summed E-state index contributed by atoms with van der Waals surface area (Å²) in [6.45, 7) is 8.55. The number of hydrogen-bond acceptors (Lipinski definition) is 4. The maximum absolute atomic E-state index is 12.9. The van der Waals surface area contributed by atoms with Crippen LogP contribution in [0.15, 0.2) is 24.5 Å². The zero-order valence-electron chi connectivity index (χ0n) is 17.2. The molecule has 1 spiro atoms. The lowest BCUT2D eigenvalue weighted by molar-refractivity contribution is 0.0147. The van der Waals surface area contributed by atoms with Gasteiger partial charge < -0.3 is 19.4 Å². The van der Waals surface area contributed by atoms with Crippen molar-refractivity contribution in [1.82, 2.24) is 14.8 Å². The molecule has 0 unspecified atom stereocenters. The SMILES string of the molecule is CCOC1CCN(C(=O)N2CCC3(CC2)CCN(c2ccncc2)CC3)CC1. The van der Waals surface area contributed by atoms with Gasteiger partial charge in [0.1, 0.15) is 0 Å². The van der Waals surface area contributed by atoms with E-state index < -0.39 is 0 Å². The van der Waals surface area contributed by atoms with E-state index in [1.54, 1.807) is 0 Å². The lowest BCUT2D eigenvalue weighted by atomic mass is 9.71. The number of piperidine rings is 3. The zero-order chi connectivity index (χ0) is 19.4. The first-order valence-electron chi connectivity index (χ1n) is 11.0. The van der Waals surface area contributed by atoms with Crippen molar-refractivity contribution in [1.29, 1.82) is 0 Å². The van der Waals surface area contributed by atoms with Gasteiger partial charge in [0.15, 0.2) is 0 Å². The normalized spacial score (nSPS) is 23.2. The summed E-state index contributed by atoms with van der Waals surface area (Å²) in [7, 11) is 0. The van der Waals surface area contributed by atoms with Crippen LogP contribution >= 0.6 is 0 Å². The summed E-state index contributed by atoms with van der Waals surface area (Å²) >= 11 is 0. The first kappa shape index (κ1) is 19.5. The Morgan fingerprint density at radius 3 is 2.18 bits per heavy atom. The van der Waals surface area contributed by atoms with Crippen molar-refractivity contribution >= 4 is 11.7 Å². The summed E-state index contributed by atoms with van der Waals surface area (Å²) < 4.78 is 5.71. The second-order valence-electron chi connectivity index (χ2n) is 8.60. The molecule has 6 heteroatoms. The van der Waals surface area contributed by atoms with Gasteiger partial charge in [-0.05, 0) is 63.0 Å². The van der Waals surface area contributed by atoms with Gasteiger partial charge in [0.05, 0.1) is 6.10 Å². The van der Waals surface area contributed by atoms with E-state index in [4.69, 9.17) is 4.74 Å². The van der Waals surface area contributed by atoms with Crippen LogP contribution in [0.1, 0.15) is 45.4 Å². The molecule has 0 bridgehead atoms. The van der Waals surface area contributed by atoms with E-state index >= 15 is 0 Å². The molecule has 28 heavy (non-hydrogen) atoms. The summed E-state index contributed by atoms with van der Waals surface area (Å²) in [5.74, 6) is 0. The average molecular weight is 387 g/mol. The molecular formula is C22H34N4O2. The van der Waals surface area contributed by atoms with Gasteiger partial charge in [-0.15, -0.1) is 0 Å². The standard InChI is InChI=1S/C22H34N4O2/c1-2-28-20-5-13-25(14-6-20)21(27)26-17-9-22(10-18-26)7-15-24(16-8-22)19-3-11-23-12-4-19/h3-4,11-12,20H,2,5-10,13-18H2,1H3. The molecule has 0 N–H and O–H groups in total. The number of hydrogen-bond donors (Lipinski definition) is 0. The first-order valence-corrected chi connectivity index (χ1v) is 11.0. The minimum atomic E-state index is 0.249. The number of carbonyl (C=O) groups is 1. The molecule has 154 valence electrons. The Bertz CT molecular complexity index is 627. The highest BCUT2D eigenvalue weighted by Crippen LogP contribution is 2.42. The number of anilines is 1. The zero-order valence-corrected chi connectivity index (χ0v) is 17.2. The second kappa shape index (κ2) is 8.68. The fourth-order valence-electron chi connectivity index (χ4n) is 5.12. The number of rotatable bonds is 3. The van der Waals surface area contributed by atoms with Crippen molar-refractivity contribution in [2.75, 3.05) is 50.8 Å². The van der Waals surface area contributed by atoms with Gasteiger partial charge in [0.25, 0.3) is 0 Å². The molecule has 3 fully saturated rings. The van der Waals surface area contributed by atoms with Crippen molar-refractivity contribution in [3.63, 3.8) is 0 Å². The lowest BCUT2D eigenvalue weighted by Crippen LogP contribution is -2.53. The molecule has 1 aromatic heterocycles. The van der Waals surface area contributed by atoms with Crippen molar-refractivity contribution in [3.05, 3.63) is 24.5 Å². The van der Waals surface area contributed by atoms with Crippen LogP contribution in [0, 0.1) is 5.41 Å². The van der Waals surface area contributed by atoms with Crippen molar-refractivity contribution in [2.45, 2.75) is 51.6 Å². The van der Waals surface area contributed by atoms with E-state index in [-0.39, 0.29) is 6.03 Å². The minimum absolute atomic E-state index is 0.249. The number of likely N-dealkylation sites (tertiary alicyclic amines) is 2. The summed E-state index contributed by atoms with van der Waals surface area (Å²) in [5.41, 5.74) is 1.72. The van der Waals surface area contributed by atoms with Crippen LogP contribution in [-0.4, -0.2) is 72.8 Å². The van der Waals surface area contributed by atoms with Crippen LogP contribution in [0.2, 0.25) is 0 Å². The molecule has 3 aliphatic heterocycles. The molecule has 3 aliphatic rings. The Morgan fingerprint density at radius 2 is 1.57 bits per heavy atom. The van der Waals surface area contributed by atoms with E-state index in [2.05, 4.69) is 26.9 Å². The molecule has 4 rings (SSSR count). The summed E-state index contributed by atoms with van der Waals surface area (Å²) in [5, 5.41) is 0. The molecule has 1 aromatic rings. The maximum Gasteiger partial charge on any atom is 0.320 e. The smallest absolute Gasteiger partial charge is 0.320 e. The van der Waals surface area contributed by atoms with Gasteiger partial charge in [-0.3, -0.25) is 4.98 Å². The number of urea groups is 1. The number of pyridine rings is 1. The van der Waals surface area contributed by atoms with Crippen LogP contribution in [-0.2, 0) is 4.74 Å². The summed E-state index contributed by atoms with van der Waals surface area (Å²) in [4.78, 5) is 23.7. The van der Waals surface area contributed by atoms with Crippen molar-refractivity contribution in [3.8, 4) is 0 Å². The predicted molar refractivity (Wildman–Crippen MR) is 111 cm³/mol. The van der Waals surface area contributed by atoms with Crippen molar-refractivity contribution in [2.24, 2.45) is 5.41 Å². The molecule has 6 nitrogen and oxygen atoms in total. The number of amides is 2. The predicted octanol–water partition coefficient (Wildman–Crippen LogP) is 3.38. The Kier molecular flexibility index (Phi) is 6.04. The summed E-state index contributed by atoms with van der Waals surface area (Å²) in [6.07, 6.45) is 10.8. The molecular weight excluding hydrogens is 352 g/mol. The number of ether oxygens (including phenoxy) is 1. The molecule has 3 saturated heterocycles. The van der Waals surface area contributed by atoms with E-state index in [1.807, 2.05) is 24.2 Å². The van der Waals surface area contributed by atoms with Gasteiger partial charge in [0.2, 0.25) is 0 Å². The number of aromatic nitrogens is 1. The van der Waals surface area contributed by atoms with Gasteiger partial charge >= 0.3 is 6.03 Å². The molecule has 0 saturated carbocycles. The monoisotopic (exact) mass is 386 g/mol. The molecule has 4 heterocycles. The Balaban J connectivity index is 1.24. The lowest BCUT2D eigenvalue weighted by Gasteiger charge is -2.48. The van der Waals surface area contributed by atoms with Gasteiger partial charge in [0, 0.05) is 64.0 Å². The van der Waals surface area contributed by atoms with Gasteiger partial charge in [-0.25, -0.2) is 4.79 Å². The third-order valence-electron chi connectivity index (χ3n) is 7.06. The van der Waals surface area contributed by atoms with Crippen molar-refractivity contribution < 1.29 is 9.53 Å². The third kappa shape index (κ3) is 4.27. The van der Waals surface area contributed by atoms with E-state index in [9.17, 15) is 4.79 Å². The van der Waals surface area contributed by atoms with Crippen LogP contribution < -0.4 is 4.90 Å². The maximum atomic E-state index is 12.9. The molecule has 0 radical (unpaired) electrons. The fraction of sp³-hybridized carbons (Fsp3) is 0.727. The molecule has 2 amide bonds. The first-order chi connectivity index (χ1) is 13.7. The molecule has 0 atom stereocenters. The second-order valence-corrected chi connectivity index (χ2v) is 8.60. The van der Waals surface area contributed by atoms with E-state index in [0.29, 0.717) is 11.5 Å². The number of nitrogens with zero attached hydrogens (tertiary/aromatic N) is 4.